The lowest BCUT2D eigenvalue weighted by atomic mass is 10.1. The summed E-state index contributed by atoms with van der Waals surface area (Å²) in [7, 11) is 0. The molecule has 1 amide bonds. The van der Waals surface area contributed by atoms with Gasteiger partial charge >= 0.3 is 0 Å². The van der Waals surface area contributed by atoms with Crippen molar-refractivity contribution >= 4 is 17.3 Å². The highest BCUT2D eigenvalue weighted by Crippen LogP contribution is 2.29. The van der Waals surface area contributed by atoms with E-state index in [4.69, 9.17) is 0 Å². The summed E-state index contributed by atoms with van der Waals surface area (Å²) < 4.78 is 0. The minimum absolute atomic E-state index is 0.136. The second-order valence-electron chi connectivity index (χ2n) is 4.87. The smallest absolute Gasteiger partial charge is 0.256 e. The molecule has 0 atom stereocenters. The molecule has 1 aliphatic rings. The van der Waals surface area contributed by atoms with Crippen LogP contribution in [0.4, 0.5) is 11.4 Å². The maximum absolute atomic E-state index is 12.7. The van der Waals surface area contributed by atoms with Crippen molar-refractivity contribution in [3.63, 3.8) is 0 Å². The Kier molecular flexibility index (Phi) is 4.66. The van der Waals surface area contributed by atoms with Crippen molar-refractivity contribution in [3.05, 3.63) is 23.8 Å². The summed E-state index contributed by atoms with van der Waals surface area (Å²) in [6.45, 7) is 7.62. The van der Waals surface area contributed by atoms with Gasteiger partial charge in [-0.15, -0.1) is 0 Å². The molecule has 0 bridgehead atoms. The summed E-state index contributed by atoms with van der Waals surface area (Å²) in [5, 5.41) is 6.67. The Hall–Kier alpha value is -1.71. The lowest BCUT2D eigenvalue weighted by molar-refractivity contribution is 0.0756. The normalized spacial score (nSPS) is 13.2. The van der Waals surface area contributed by atoms with Gasteiger partial charge in [-0.2, -0.15) is 0 Å². The number of nitrogens with zero attached hydrogens (tertiary/aromatic N) is 1. The highest BCUT2D eigenvalue weighted by molar-refractivity contribution is 6.02. The van der Waals surface area contributed by atoms with Crippen LogP contribution in [-0.4, -0.2) is 37.0 Å². The maximum atomic E-state index is 12.7. The van der Waals surface area contributed by atoms with Crippen molar-refractivity contribution in [2.45, 2.75) is 26.7 Å². The minimum Gasteiger partial charge on any atom is -0.382 e. The number of nitrogens with one attached hydrogen (secondary N) is 2. The minimum atomic E-state index is 0.136. The van der Waals surface area contributed by atoms with Crippen molar-refractivity contribution in [1.82, 2.24) is 4.90 Å². The Balaban J connectivity index is 2.27. The van der Waals surface area contributed by atoms with Gasteiger partial charge < -0.3 is 15.5 Å². The Morgan fingerprint density at radius 1 is 1.16 bits per heavy atom. The monoisotopic (exact) mass is 261 g/mol. The van der Waals surface area contributed by atoms with Gasteiger partial charge in [0.2, 0.25) is 0 Å². The van der Waals surface area contributed by atoms with Gasteiger partial charge in [-0.1, -0.05) is 19.9 Å². The molecular formula is C15H23N3O. The molecule has 19 heavy (non-hydrogen) atoms. The van der Waals surface area contributed by atoms with Gasteiger partial charge in [-0.05, 0) is 25.0 Å². The van der Waals surface area contributed by atoms with Crippen LogP contribution in [0.25, 0.3) is 0 Å². The van der Waals surface area contributed by atoms with Crippen LogP contribution in [0.2, 0.25) is 0 Å². The van der Waals surface area contributed by atoms with Crippen molar-refractivity contribution < 1.29 is 4.79 Å². The number of benzene rings is 1. The molecular weight excluding hydrogens is 238 g/mol. The van der Waals surface area contributed by atoms with Crippen LogP contribution < -0.4 is 10.6 Å². The molecule has 0 fully saturated rings. The molecule has 104 valence electrons. The first-order valence-electron chi connectivity index (χ1n) is 7.18. The fraction of sp³-hybridized carbons (Fsp3) is 0.533. The van der Waals surface area contributed by atoms with E-state index in [9.17, 15) is 4.79 Å². The first kappa shape index (κ1) is 13.7. The summed E-state index contributed by atoms with van der Waals surface area (Å²) in [5.41, 5.74) is 2.77. The lowest BCUT2D eigenvalue weighted by Crippen LogP contribution is -2.34. The van der Waals surface area contributed by atoms with Gasteiger partial charge in [0.05, 0.1) is 16.9 Å². The summed E-state index contributed by atoms with van der Waals surface area (Å²) >= 11 is 0. The van der Waals surface area contributed by atoms with Gasteiger partial charge in [-0.3, -0.25) is 4.79 Å². The van der Waals surface area contributed by atoms with Gasteiger partial charge in [0.1, 0.15) is 0 Å². The molecule has 1 aromatic rings. The third-order valence-corrected chi connectivity index (χ3v) is 3.31. The molecule has 2 N–H and O–H groups in total. The van der Waals surface area contributed by atoms with Crippen molar-refractivity contribution in [2.24, 2.45) is 0 Å². The zero-order chi connectivity index (χ0) is 13.7. The number of hydrogen-bond acceptors (Lipinski definition) is 3. The Morgan fingerprint density at radius 3 is 2.53 bits per heavy atom. The molecule has 1 aromatic carbocycles. The molecule has 0 spiro atoms. The van der Waals surface area contributed by atoms with E-state index in [1.54, 1.807) is 0 Å². The standard InChI is InChI=1S/C15H23N3O/c1-3-10-18(11-4-2)15(19)12-6-5-7-13-14(12)17-9-8-16-13/h5-7,16-17H,3-4,8-11H2,1-2H3. The van der Waals surface area contributed by atoms with Gasteiger partial charge in [0.15, 0.2) is 0 Å². The second-order valence-corrected chi connectivity index (χ2v) is 4.87. The molecule has 4 nitrogen and oxygen atoms in total. The van der Waals surface area contributed by atoms with E-state index in [0.29, 0.717) is 0 Å². The molecule has 1 aliphatic heterocycles. The molecule has 0 saturated heterocycles. The molecule has 4 heteroatoms. The molecule has 0 aromatic heterocycles. The summed E-state index contributed by atoms with van der Waals surface area (Å²) in [5.74, 6) is 0.136. The number of carbonyl (C=O) groups is 1. The number of hydrogen-bond donors (Lipinski definition) is 2. The average Bonchev–Trinajstić information content (AvgIpc) is 2.46. The molecule has 1 heterocycles. The Morgan fingerprint density at radius 2 is 1.84 bits per heavy atom. The molecule has 0 aliphatic carbocycles. The Labute approximate surface area is 115 Å². The van der Waals surface area contributed by atoms with Crippen LogP contribution in [0.15, 0.2) is 18.2 Å². The number of amides is 1. The van der Waals surface area contributed by atoms with Crippen LogP contribution in [0, 0.1) is 0 Å². The first-order valence-corrected chi connectivity index (χ1v) is 7.18. The number of para-hydroxylation sites is 1. The quantitative estimate of drug-likeness (QED) is 0.856. The fourth-order valence-corrected chi connectivity index (χ4v) is 2.48. The van der Waals surface area contributed by atoms with Crippen LogP contribution in [0.5, 0.6) is 0 Å². The van der Waals surface area contributed by atoms with Gasteiger partial charge in [0.25, 0.3) is 5.91 Å². The van der Waals surface area contributed by atoms with Gasteiger partial charge in [-0.25, -0.2) is 0 Å². The largest absolute Gasteiger partial charge is 0.382 e. The molecule has 0 saturated carbocycles. The fourth-order valence-electron chi connectivity index (χ4n) is 2.48. The number of carbonyl (C=O) groups excluding carboxylic acids is 1. The average molecular weight is 261 g/mol. The predicted molar refractivity (Wildman–Crippen MR) is 79.9 cm³/mol. The maximum Gasteiger partial charge on any atom is 0.256 e. The predicted octanol–water partition coefficient (Wildman–Crippen LogP) is 2.79. The zero-order valence-corrected chi connectivity index (χ0v) is 11.8. The van der Waals surface area contributed by atoms with Crippen LogP contribution in [0.3, 0.4) is 0 Å². The third-order valence-electron chi connectivity index (χ3n) is 3.31. The van der Waals surface area contributed by atoms with E-state index in [0.717, 1.165) is 56.0 Å². The van der Waals surface area contributed by atoms with Crippen LogP contribution in [-0.2, 0) is 0 Å². The zero-order valence-electron chi connectivity index (χ0n) is 11.8. The molecule has 0 radical (unpaired) electrons. The van der Waals surface area contributed by atoms with Crippen molar-refractivity contribution in [3.8, 4) is 0 Å². The molecule has 0 unspecified atom stereocenters. The van der Waals surface area contributed by atoms with Gasteiger partial charge in [0, 0.05) is 26.2 Å². The highest BCUT2D eigenvalue weighted by Gasteiger charge is 2.21. The van der Waals surface area contributed by atoms with Crippen molar-refractivity contribution in [2.75, 3.05) is 36.8 Å². The summed E-state index contributed by atoms with van der Waals surface area (Å²) in [6, 6.07) is 5.88. The van der Waals surface area contributed by atoms with E-state index >= 15 is 0 Å². The summed E-state index contributed by atoms with van der Waals surface area (Å²) in [4.78, 5) is 14.6. The number of fused-ring (bicyclic) bond motifs is 1. The first-order chi connectivity index (χ1) is 9.27. The Bertz CT molecular complexity index is 439. The number of anilines is 2. The SMILES string of the molecule is CCCN(CCC)C(=O)c1cccc2c1NCCN2. The van der Waals surface area contributed by atoms with Crippen molar-refractivity contribution in [1.29, 1.82) is 0 Å². The van der Waals surface area contributed by atoms with E-state index < -0.39 is 0 Å². The van der Waals surface area contributed by atoms with E-state index in [1.165, 1.54) is 0 Å². The van der Waals surface area contributed by atoms with E-state index in [2.05, 4.69) is 24.5 Å². The third kappa shape index (κ3) is 3.00. The lowest BCUT2D eigenvalue weighted by Gasteiger charge is -2.26. The van der Waals surface area contributed by atoms with Crippen LogP contribution in [0.1, 0.15) is 37.0 Å². The topological polar surface area (TPSA) is 44.4 Å². The summed E-state index contributed by atoms with van der Waals surface area (Å²) in [6.07, 6.45) is 1.99. The molecule has 2 rings (SSSR count). The van der Waals surface area contributed by atoms with E-state index in [1.807, 2.05) is 23.1 Å². The second kappa shape index (κ2) is 6.45. The van der Waals surface area contributed by atoms with E-state index in [-0.39, 0.29) is 5.91 Å². The highest BCUT2D eigenvalue weighted by atomic mass is 16.2. The van der Waals surface area contributed by atoms with Crippen LogP contribution >= 0.6 is 0 Å². The number of rotatable bonds is 5.